The molecule has 1 amide bonds. The van der Waals surface area contributed by atoms with Crippen molar-refractivity contribution >= 4 is 28.2 Å². The monoisotopic (exact) mass is 389 g/mol. The topological polar surface area (TPSA) is 84.9 Å². The Kier molecular flexibility index (Phi) is 6.01. The summed E-state index contributed by atoms with van der Waals surface area (Å²) in [7, 11) is 3.14. The van der Waals surface area contributed by atoms with Crippen molar-refractivity contribution in [1.29, 1.82) is 0 Å². The third-order valence-electron chi connectivity index (χ3n) is 4.73. The maximum atomic E-state index is 12.4. The minimum atomic E-state index is -0.968. The van der Waals surface area contributed by atoms with Crippen LogP contribution < -0.4 is 14.8 Å². The smallest absolute Gasteiger partial charge is 0.339 e. The Balaban J connectivity index is 1.68. The molecule has 2 aromatic rings. The summed E-state index contributed by atoms with van der Waals surface area (Å²) in [6.07, 6.45) is 4.52. The van der Waals surface area contributed by atoms with E-state index < -0.39 is 5.97 Å². The number of aromatic carboxylic acids is 1. The Hall–Kier alpha value is -2.54. The molecular weight excluding hydrogens is 366 g/mol. The van der Waals surface area contributed by atoms with Gasteiger partial charge < -0.3 is 19.9 Å². The number of anilines is 1. The number of carbonyl (C=O) groups excluding carboxylic acids is 1. The third kappa shape index (κ3) is 4.24. The number of nitrogens with one attached hydrogen (secondary N) is 1. The first-order valence-electron chi connectivity index (χ1n) is 8.92. The quantitative estimate of drug-likeness (QED) is 0.750. The van der Waals surface area contributed by atoms with Crippen LogP contribution in [0.3, 0.4) is 0 Å². The number of carboxylic acid groups (broad SMARTS) is 1. The number of fused-ring (bicyclic) bond motifs is 1. The van der Waals surface area contributed by atoms with Gasteiger partial charge in [-0.3, -0.25) is 4.79 Å². The molecule has 0 unspecified atom stereocenters. The van der Waals surface area contributed by atoms with Gasteiger partial charge in [-0.05, 0) is 55.4 Å². The molecule has 27 heavy (non-hydrogen) atoms. The van der Waals surface area contributed by atoms with Crippen LogP contribution in [0.25, 0.3) is 0 Å². The van der Waals surface area contributed by atoms with Gasteiger partial charge in [-0.1, -0.05) is 6.07 Å². The van der Waals surface area contributed by atoms with Crippen molar-refractivity contribution in [2.75, 3.05) is 19.5 Å². The van der Waals surface area contributed by atoms with Crippen molar-refractivity contribution < 1.29 is 24.2 Å². The number of amides is 1. The van der Waals surface area contributed by atoms with E-state index >= 15 is 0 Å². The van der Waals surface area contributed by atoms with Crippen LogP contribution in [-0.4, -0.2) is 31.2 Å². The van der Waals surface area contributed by atoms with E-state index in [4.69, 9.17) is 9.47 Å². The van der Waals surface area contributed by atoms with E-state index in [-0.39, 0.29) is 17.9 Å². The highest BCUT2D eigenvalue weighted by atomic mass is 32.1. The molecular formula is C20H23NO5S. The fourth-order valence-electron chi connectivity index (χ4n) is 3.36. The highest BCUT2D eigenvalue weighted by molar-refractivity contribution is 7.17. The van der Waals surface area contributed by atoms with Gasteiger partial charge in [-0.25, -0.2) is 4.79 Å². The molecule has 0 aliphatic heterocycles. The molecule has 0 radical (unpaired) electrons. The summed E-state index contributed by atoms with van der Waals surface area (Å²) < 4.78 is 10.5. The Bertz CT molecular complexity index is 858. The van der Waals surface area contributed by atoms with E-state index in [1.807, 2.05) is 18.2 Å². The van der Waals surface area contributed by atoms with Crippen molar-refractivity contribution in [3.05, 3.63) is 39.8 Å². The molecule has 0 saturated heterocycles. The summed E-state index contributed by atoms with van der Waals surface area (Å²) in [6, 6.07) is 5.54. The normalized spacial score (nSPS) is 13.0. The molecule has 1 aromatic heterocycles. The van der Waals surface area contributed by atoms with Gasteiger partial charge in [0.1, 0.15) is 5.00 Å². The van der Waals surface area contributed by atoms with Crippen LogP contribution in [0.1, 0.15) is 45.6 Å². The number of carbonyl (C=O) groups is 2. The van der Waals surface area contributed by atoms with E-state index in [1.54, 1.807) is 14.2 Å². The average Bonchev–Trinajstić information content (AvgIpc) is 3.03. The first-order chi connectivity index (χ1) is 13.0. The van der Waals surface area contributed by atoms with Gasteiger partial charge in [0.15, 0.2) is 11.5 Å². The summed E-state index contributed by atoms with van der Waals surface area (Å²) in [5.41, 5.74) is 2.12. The number of hydrogen-bond acceptors (Lipinski definition) is 5. The zero-order valence-electron chi connectivity index (χ0n) is 15.5. The zero-order chi connectivity index (χ0) is 19.4. The van der Waals surface area contributed by atoms with Crippen molar-refractivity contribution in [2.45, 2.75) is 38.5 Å². The Morgan fingerprint density at radius 3 is 2.59 bits per heavy atom. The van der Waals surface area contributed by atoms with Gasteiger partial charge in [0, 0.05) is 11.3 Å². The summed E-state index contributed by atoms with van der Waals surface area (Å²) in [4.78, 5) is 25.2. The second-order valence-electron chi connectivity index (χ2n) is 6.46. The van der Waals surface area contributed by atoms with Crippen molar-refractivity contribution in [1.82, 2.24) is 0 Å². The Morgan fingerprint density at radius 1 is 1.15 bits per heavy atom. The number of carboxylic acids is 1. The molecule has 6 nitrogen and oxygen atoms in total. The first kappa shape index (κ1) is 19.2. The molecule has 0 bridgehead atoms. The number of benzene rings is 1. The van der Waals surface area contributed by atoms with Gasteiger partial charge in [0.05, 0.1) is 19.8 Å². The maximum absolute atomic E-state index is 12.4. The molecule has 1 aromatic carbocycles. The lowest BCUT2D eigenvalue weighted by Gasteiger charge is -2.11. The minimum absolute atomic E-state index is 0.189. The lowest BCUT2D eigenvalue weighted by atomic mass is 9.95. The van der Waals surface area contributed by atoms with E-state index in [2.05, 4.69) is 5.32 Å². The predicted octanol–water partition coefficient (Wildman–Crippen LogP) is 3.91. The fraction of sp³-hybridized carbons (Fsp3) is 0.400. The van der Waals surface area contributed by atoms with Crippen molar-refractivity contribution in [3.8, 4) is 11.5 Å². The second kappa shape index (κ2) is 8.43. The molecule has 1 aliphatic rings. The molecule has 0 spiro atoms. The van der Waals surface area contributed by atoms with Crippen LogP contribution in [0, 0.1) is 0 Å². The highest BCUT2D eigenvalue weighted by Gasteiger charge is 2.25. The predicted molar refractivity (Wildman–Crippen MR) is 104 cm³/mol. The minimum Gasteiger partial charge on any atom is -0.493 e. The molecule has 1 heterocycles. The van der Waals surface area contributed by atoms with Crippen LogP contribution in [-0.2, 0) is 24.1 Å². The van der Waals surface area contributed by atoms with Gasteiger partial charge >= 0.3 is 5.97 Å². The summed E-state index contributed by atoms with van der Waals surface area (Å²) >= 11 is 1.40. The van der Waals surface area contributed by atoms with E-state index in [0.717, 1.165) is 41.7 Å². The third-order valence-corrected chi connectivity index (χ3v) is 5.93. The summed E-state index contributed by atoms with van der Waals surface area (Å²) in [5.74, 6) is 0.103. The summed E-state index contributed by atoms with van der Waals surface area (Å²) in [5, 5.41) is 12.8. The van der Waals surface area contributed by atoms with E-state index in [9.17, 15) is 14.7 Å². The van der Waals surface area contributed by atoms with Gasteiger partial charge in [-0.2, -0.15) is 0 Å². The van der Waals surface area contributed by atoms with Crippen molar-refractivity contribution in [3.63, 3.8) is 0 Å². The molecule has 0 fully saturated rings. The molecule has 7 heteroatoms. The van der Waals surface area contributed by atoms with Crippen LogP contribution in [0.15, 0.2) is 18.2 Å². The Morgan fingerprint density at radius 2 is 1.89 bits per heavy atom. The largest absolute Gasteiger partial charge is 0.493 e. The number of thiophene rings is 1. The van der Waals surface area contributed by atoms with Crippen LogP contribution in [0.2, 0.25) is 0 Å². The molecule has 0 saturated carbocycles. The fourth-order valence-corrected chi connectivity index (χ4v) is 4.66. The van der Waals surface area contributed by atoms with Crippen molar-refractivity contribution in [2.24, 2.45) is 0 Å². The number of rotatable bonds is 7. The second-order valence-corrected chi connectivity index (χ2v) is 7.56. The molecule has 1 aliphatic carbocycles. The highest BCUT2D eigenvalue weighted by Crippen LogP contribution is 2.38. The van der Waals surface area contributed by atoms with E-state index in [1.165, 1.54) is 11.3 Å². The van der Waals surface area contributed by atoms with Gasteiger partial charge in [-0.15, -0.1) is 11.3 Å². The average molecular weight is 389 g/mol. The molecule has 0 atom stereocenters. The molecule has 144 valence electrons. The van der Waals surface area contributed by atoms with E-state index in [0.29, 0.717) is 22.9 Å². The van der Waals surface area contributed by atoms with Crippen LogP contribution in [0.4, 0.5) is 5.00 Å². The molecule has 2 N–H and O–H groups in total. The maximum Gasteiger partial charge on any atom is 0.339 e. The first-order valence-corrected chi connectivity index (χ1v) is 9.73. The zero-order valence-corrected chi connectivity index (χ0v) is 16.3. The molecule has 3 rings (SSSR count). The lowest BCUT2D eigenvalue weighted by Crippen LogP contribution is -2.14. The number of ether oxygens (including phenoxy) is 2. The lowest BCUT2D eigenvalue weighted by molar-refractivity contribution is -0.116. The van der Waals surface area contributed by atoms with Crippen LogP contribution >= 0.6 is 11.3 Å². The number of hydrogen-bond donors (Lipinski definition) is 2. The standard InChI is InChI=1S/C20H23NO5S/c1-25-14-9-7-12(11-15(14)26-2)8-10-17(22)21-19-18(20(23)24)13-5-3-4-6-16(13)27-19/h7,9,11H,3-6,8,10H2,1-2H3,(H,21,22)(H,23,24). The van der Waals surface area contributed by atoms with Crippen LogP contribution in [0.5, 0.6) is 11.5 Å². The SMILES string of the molecule is COc1ccc(CCC(=O)Nc2sc3c(c2C(=O)O)CCCC3)cc1OC. The Labute approximate surface area is 162 Å². The number of aryl methyl sites for hydroxylation is 2. The summed E-state index contributed by atoms with van der Waals surface area (Å²) in [6.45, 7) is 0. The van der Waals surface area contributed by atoms with Gasteiger partial charge in [0.2, 0.25) is 5.91 Å². The van der Waals surface area contributed by atoms with Gasteiger partial charge in [0.25, 0.3) is 0 Å². The number of methoxy groups -OCH3 is 2.